The number of rotatable bonds is 4. The van der Waals surface area contributed by atoms with Gasteiger partial charge in [0.1, 0.15) is 11.4 Å². The van der Waals surface area contributed by atoms with Crippen LogP contribution in [0.4, 0.5) is 8.78 Å². The number of carbonyl (C=O) groups excluding carboxylic acids is 1. The number of benzene rings is 1. The molecular formula is C20H22ClF2NO2. The highest BCUT2D eigenvalue weighted by Crippen LogP contribution is 2.30. The Morgan fingerprint density at radius 2 is 1.69 bits per heavy atom. The molecule has 0 spiro atoms. The summed E-state index contributed by atoms with van der Waals surface area (Å²) in [5.74, 6) is -1.50. The van der Waals surface area contributed by atoms with Gasteiger partial charge in [0, 0.05) is 5.56 Å². The van der Waals surface area contributed by atoms with Gasteiger partial charge in [-0.15, -0.1) is 0 Å². The van der Waals surface area contributed by atoms with E-state index in [0.717, 1.165) is 11.6 Å². The van der Waals surface area contributed by atoms with Gasteiger partial charge in [-0.25, -0.2) is 13.8 Å². The second kappa shape index (κ2) is 7.31. The lowest BCUT2D eigenvalue weighted by molar-refractivity contribution is -0.165. The fourth-order valence-corrected chi connectivity index (χ4v) is 2.60. The summed E-state index contributed by atoms with van der Waals surface area (Å²) in [6.45, 7) is 8.97. The molecule has 0 saturated heterocycles. The molecule has 3 nitrogen and oxygen atoms in total. The predicted molar refractivity (Wildman–Crippen MR) is 97.9 cm³/mol. The van der Waals surface area contributed by atoms with Crippen LogP contribution in [0.5, 0.6) is 0 Å². The average molecular weight is 382 g/mol. The van der Waals surface area contributed by atoms with Gasteiger partial charge in [0.2, 0.25) is 0 Å². The monoisotopic (exact) mass is 381 g/mol. The van der Waals surface area contributed by atoms with E-state index < -0.39 is 22.7 Å². The van der Waals surface area contributed by atoms with Gasteiger partial charge in [0.05, 0.1) is 11.1 Å². The number of ether oxygens (including phenoxy) is 1. The average Bonchev–Trinajstić information content (AvgIpc) is 2.50. The zero-order chi connectivity index (χ0) is 19.7. The highest BCUT2D eigenvalue weighted by molar-refractivity contribution is 6.29. The maximum atomic E-state index is 14.2. The standard InChI is InChI=1S/C20H22ClF2NO2/c1-19(2,3)26-18(25)20(4,5)11-12-6-7-14(22)13(10-12)16-9-8-15(23)17(21)24-16/h6-10H,11H2,1-5H3. The highest BCUT2D eigenvalue weighted by atomic mass is 35.5. The normalized spacial score (nSPS) is 12.2. The van der Waals surface area contributed by atoms with E-state index in [2.05, 4.69) is 4.98 Å². The number of hydrogen-bond donors (Lipinski definition) is 0. The number of nitrogens with zero attached hydrogens (tertiary/aromatic N) is 1. The molecule has 1 aromatic heterocycles. The first-order valence-electron chi connectivity index (χ1n) is 8.23. The summed E-state index contributed by atoms with van der Waals surface area (Å²) in [7, 11) is 0. The summed E-state index contributed by atoms with van der Waals surface area (Å²) < 4.78 is 33.0. The summed E-state index contributed by atoms with van der Waals surface area (Å²) >= 11 is 5.70. The largest absolute Gasteiger partial charge is 0.460 e. The molecule has 2 aromatic rings. The molecule has 0 saturated carbocycles. The molecule has 1 heterocycles. The molecule has 0 aliphatic rings. The molecule has 0 N–H and O–H groups in total. The van der Waals surface area contributed by atoms with Crippen LogP contribution in [0.25, 0.3) is 11.3 Å². The van der Waals surface area contributed by atoms with E-state index in [9.17, 15) is 13.6 Å². The molecule has 6 heteroatoms. The van der Waals surface area contributed by atoms with Crippen molar-refractivity contribution in [2.75, 3.05) is 0 Å². The molecule has 0 bridgehead atoms. The van der Waals surface area contributed by atoms with Crippen molar-refractivity contribution < 1.29 is 18.3 Å². The Bertz CT molecular complexity index is 829. The number of carbonyl (C=O) groups is 1. The fourth-order valence-electron chi connectivity index (χ4n) is 2.44. The lowest BCUT2D eigenvalue weighted by Crippen LogP contribution is -2.35. The van der Waals surface area contributed by atoms with Crippen molar-refractivity contribution in [2.45, 2.75) is 46.6 Å². The van der Waals surface area contributed by atoms with Crippen LogP contribution in [0.3, 0.4) is 0 Å². The van der Waals surface area contributed by atoms with Gasteiger partial charge in [0.15, 0.2) is 11.0 Å². The van der Waals surface area contributed by atoms with Gasteiger partial charge in [0.25, 0.3) is 0 Å². The summed E-state index contributed by atoms with van der Waals surface area (Å²) in [4.78, 5) is 16.3. The zero-order valence-electron chi connectivity index (χ0n) is 15.5. The highest BCUT2D eigenvalue weighted by Gasteiger charge is 2.33. The number of esters is 1. The smallest absolute Gasteiger partial charge is 0.312 e. The molecule has 1 aromatic carbocycles. The maximum Gasteiger partial charge on any atom is 0.312 e. The van der Waals surface area contributed by atoms with Crippen LogP contribution in [0.15, 0.2) is 30.3 Å². The summed E-state index contributed by atoms with van der Waals surface area (Å²) in [6, 6.07) is 7.01. The quantitative estimate of drug-likeness (QED) is 0.511. The first kappa shape index (κ1) is 20.3. The summed E-state index contributed by atoms with van der Waals surface area (Å²) in [5.41, 5.74) is -0.220. The molecule has 140 valence electrons. The first-order chi connectivity index (χ1) is 11.9. The Morgan fingerprint density at radius 1 is 1.08 bits per heavy atom. The van der Waals surface area contributed by atoms with Crippen molar-refractivity contribution in [1.29, 1.82) is 0 Å². The molecular weight excluding hydrogens is 360 g/mol. The van der Waals surface area contributed by atoms with Gasteiger partial charge >= 0.3 is 5.97 Å². The molecule has 0 fully saturated rings. The van der Waals surface area contributed by atoms with Crippen molar-refractivity contribution in [2.24, 2.45) is 5.41 Å². The van der Waals surface area contributed by atoms with Gasteiger partial charge in [-0.2, -0.15) is 0 Å². The van der Waals surface area contributed by atoms with Crippen molar-refractivity contribution in [3.8, 4) is 11.3 Å². The van der Waals surface area contributed by atoms with Crippen molar-refractivity contribution in [3.63, 3.8) is 0 Å². The molecule has 26 heavy (non-hydrogen) atoms. The molecule has 0 amide bonds. The third-order valence-electron chi connectivity index (χ3n) is 3.71. The van der Waals surface area contributed by atoms with Gasteiger partial charge in [-0.3, -0.25) is 4.79 Å². The lowest BCUT2D eigenvalue weighted by atomic mass is 9.85. The van der Waals surface area contributed by atoms with E-state index in [1.54, 1.807) is 46.8 Å². The third-order valence-corrected chi connectivity index (χ3v) is 3.97. The number of halogens is 3. The van der Waals surface area contributed by atoms with Crippen LogP contribution in [0.2, 0.25) is 5.15 Å². The number of pyridine rings is 1. The lowest BCUT2D eigenvalue weighted by Gasteiger charge is -2.28. The van der Waals surface area contributed by atoms with E-state index in [0.29, 0.717) is 6.42 Å². The number of aromatic nitrogens is 1. The Kier molecular flexibility index (Phi) is 5.71. The summed E-state index contributed by atoms with van der Waals surface area (Å²) in [6.07, 6.45) is 0.351. The van der Waals surface area contributed by atoms with Gasteiger partial charge < -0.3 is 4.74 Å². The van der Waals surface area contributed by atoms with Crippen molar-refractivity contribution >= 4 is 17.6 Å². The van der Waals surface area contributed by atoms with Crippen LogP contribution >= 0.6 is 11.6 Å². The van der Waals surface area contributed by atoms with E-state index >= 15 is 0 Å². The van der Waals surface area contributed by atoms with Crippen molar-refractivity contribution in [1.82, 2.24) is 4.98 Å². The Hall–Kier alpha value is -2.01. The molecule has 0 aliphatic carbocycles. The van der Waals surface area contributed by atoms with E-state index in [1.807, 2.05) is 0 Å². The van der Waals surface area contributed by atoms with Crippen LogP contribution in [0, 0.1) is 17.0 Å². The molecule has 0 aliphatic heterocycles. The minimum atomic E-state index is -0.795. The van der Waals surface area contributed by atoms with E-state index in [4.69, 9.17) is 16.3 Å². The molecule has 0 unspecified atom stereocenters. The molecule has 2 rings (SSSR count). The Labute approximate surface area is 157 Å². The zero-order valence-corrected chi connectivity index (χ0v) is 16.2. The third kappa shape index (κ3) is 5.01. The second-order valence-corrected chi connectivity index (χ2v) is 8.20. The van der Waals surface area contributed by atoms with Gasteiger partial charge in [-0.05, 0) is 70.9 Å². The molecule has 0 atom stereocenters. The van der Waals surface area contributed by atoms with Crippen LogP contribution in [-0.4, -0.2) is 16.6 Å². The van der Waals surface area contributed by atoms with Gasteiger partial charge in [-0.1, -0.05) is 17.7 Å². The maximum absolute atomic E-state index is 14.2. The minimum absolute atomic E-state index is 0.199. The van der Waals surface area contributed by atoms with Crippen LogP contribution < -0.4 is 0 Å². The summed E-state index contributed by atoms with van der Waals surface area (Å²) in [5, 5.41) is -0.318. The first-order valence-corrected chi connectivity index (χ1v) is 8.61. The Balaban J connectivity index is 2.31. The Morgan fingerprint density at radius 3 is 2.27 bits per heavy atom. The predicted octanol–water partition coefficient (Wildman–Crippen LogP) is 5.59. The van der Waals surface area contributed by atoms with E-state index in [-0.39, 0.29) is 22.4 Å². The van der Waals surface area contributed by atoms with Crippen LogP contribution in [0.1, 0.15) is 40.2 Å². The molecule has 0 radical (unpaired) electrons. The second-order valence-electron chi connectivity index (χ2n) is 7.85. The van der Waals surface area contributed by atoms with E-state index in [1.165, 1.54) is 12.1 Å². The topological polar surface area (TPSA) is 39.2 Å². The number of hydrogen-bond acceptors (Lipinski definition) is 3. The minimum Gasteiger partial charge on any atom is -0.460 e. The fraction of sp³-hybridized carbons (Fsp3) is 0.400. The van der Waals surface area contributed by atoms with Crippen molar-refractivity contribution in [3.05, 3.63) is 52.7 Å². The van der Waals surface area contributed by atoms with Crippen LogP contribution in [-0.2, 0) is 16.0 Å². The SMILES string of the molecule is CC(C)(C)OC(=O)C(C)(C)Cc1ccc(F)c(-c2ccc(F)c(Cl)n2)c1.